The Hall–Kier alpha value is -0.730. The lowest BCUT2D eigenvalue weighted by Gasteiger charge is -2.25. The van der Waals surface area contributed by atoms with Gasteiger partial charge < -0.3 is 9.84 Å². The van der Waals surface area contributed by atoms with E-state index < -0.39 is 5.60 Å². The van der Waals surface area contributed by atoms with Crippen molar-refractivity contribution in [1.29, 1.82) is 0 Å². The zero-order valence-electron chi connectivity index (χ0n) is 11.0. The molecule has 0 aliphatic rings. The molecule has 0 amide bonds. The molecule has 0 unspecified atom stereocenters. The van der Waals surface area contributed by atoms with Crippen LogP contribution >= 0.6 is 11.6 Å². The topological polar surface area (TPSA) is 29.5 Å². The van der Waals surface area contributed by atoms with E-state index in [1.54, 1.807) is 0 Å². The first-order valence-electron chi connectivity index (χ1n) is 6.03. The van der Waals surface area contributed by atoms with Crippen LogP contribution in [0.2, 0.25) is 5.02 Å². The van der Waals surface area contributed by atoms with Gasteiger partial charge in [-0.15, -0.1) is 0 Å². The number of hydrogen-bond donors (Lipinski definition) is 1. The van der Waals surface area contributed by atoms with Crippen LogP contribution in [0.3, 0.4) is 0 Å². The van der Waals surface area contributed by atoms with Crippen molar-refractivity contribution in [2.24, 2.45) is 0 Å². The highest BCUT2D eigenvalue weighted by atomic mass is 35.5. The number of halogens is 1. The van der Waals surface area contributed by atoms with Crippen LogP contribution in [0.25, 0.3) is 0 Å². The van der Waals surface area contributed by atoms with Crippen molar-refractivity contribution in [2.75, 3.05) is 6.61 Å². The summed E-state index contributed by atoms with van der Waals surface area (Å²) in [5.41, 5.74) is 1.26. The second-order valence-electron chi connectivity index (χ2n) is 4.59. The fraction of sp³-hybridized carbons (Fsp3) is 0.571. The van der Waals surface area contributed by atoms with Crippen LogP contribution in [0.5, 0.6) is 5.75 Å². The van der Waals surface area contributed by atoms with E-state index in [9.17, 15) is 5.11 Å². The summed E-state index contributed by atoms with van der Waals surface area (Å²) in [4.78, 5) is 0. The van der Waals surface area contributed by atoms with Crippen LogP contribution in [0.15, 0.2) is 12.1 Å². The highest BCUT2D eigenvalue weighted by Crippen LogP contribution is 2.27. The average Bonchev–Trinajstić information content (AvgIpc) is 2.32. The Morgan fingerprint density at radius 1 is 1.18 bits per heavy atom. The first-order valence-corrected chi connectivity index (χ1v) is 6.41. The van der Waals surface area contributed by atoms with Gasteiger partial charge in [0, 0.05) is 5.02 Å². The molecule has 0 spiro atoms. The Kier molecular flexibility index (Phi) is 4.84. The molecule has 0 saturated heterocycles. The summed E-state index contributed by atoms with van der Waals surface area (Å²) in [6.07, 6.45) is 1.38. The summed E-state index contributed by atoms with van der Waals surface area (Å²) in [5.74, 6) is 0.768. The van der Waals surface area contributed by atoms with Crippen molar-refractivity contribution in [2.45, 2.75) is 46.1 Å². The molecule has 0 heterocycles. The zero-order valence-corrected chi connectivity index (χ0v) is 11.8. The minimum absolute atomic E-state index is 0.320. The van der Waals surface area contributed by atoms with E-state index in [0.29, 0.717) is 19.4 Å². The molecule has 96 valence electrons. The van der Waals surface area contributed by atoms with Crippen molar-refractivity contribution in [3.05, 3.63) is 28.3 Å². The van der Waals surface area contributed by atoms with Crippen molar-refractivity contribution in [3.63, 3.8) is 0 Å². The number of hydrogen-bond acceptors (Lipinski definition) is 2. The lowest BCUT2D eigenvalue weighted by atomic mass is 9.99. The van der Waals surface area contributed by atoms with Crippen LogP contribution in [0, 0.1) is 13.8 Å². The van der Waals surface area contributed by atoms with Gasteiger partial charge in [-0.1, -0.05) is 25.4 Å². The molecule has 1 rings (SSSR count). The molecule has 0 aliphatic heterocycles. The molecule has 2 nitrogen and oxygen atoms in total. The van der Waals surface area contributed by atoms with Gasteiger partial charge in [0.2, 0.25) is 0 Å². The summed E-state index contributed by atoms with van der Waals surface area (Å²) in [6, 6.07) is 3.81. The molecule has 0 fully saturated rings. The lowest BCUT2D eigenvalue weighted by molar-refractivity contribution is -0.0113. The van der Waals surface area contributed by atoms with Gasteiger partial charge in [0.25, 0.3) is 0 Å². The predicted molar refractivity (Wildman–Crippen MR) is 72.0 cm³/mol. The highest BCUT2D eigenvalue weighted by Gasteiger charge is 2.23. The van der Waals surface area contributed by atoms with E-state index in [1.165, 1.54) is 0 Å². The molecule has 0 aromatic heterocycles. The van der Waals surface area contributed by atoms with Gasteiger partial charge >= 0.3 is 0 Å². The molecule has 0 aliphatic carbocycles. The predicted octanol–water partition coefficient (Wildman–Crippen LogP) is 3.89. The molecule has 0 atom stereocenters. The molecule has 1 N–H and O–H groups in total. The Morgan fingerprint density at radius 3 is 2.06 bits per heavy atom. The Labute approximate surface area is 109 Å². The second-order valence-corrected chi connectivity index (χ2v) is 4.97. The van der Waals surface area contributed by atoms with E-state index in [4.69, 9.17) is 16.3 Å². The van der Waals surface area contributed by atoms with Gasteiger partial charge in [-0.25, -0.2) is 0 Å². The smallest absolute Gasteiger partial charge is 0.120 e. The fourth-order valence-electron chi connectivity index (χ4n) is 1.66. The maximum atomic E-state index is 10.1. The second kappa shape index (κ2) is 5.74. The van der Waals surface area contributed by atoms with Crippen molar-refractivity contribution < 1.29 is 9.84 Å². The minimum Gasteiger partial charge on any atom is -0.491 e. The van der Waals surface area contributed by atoms with Crippen LogP contribution in [0.1, 0.15) is 37.8 Å². The summed E-state index contributed by atoms with van der Waals surface area (Å²) in [7, 11) is 0. The van der Waals surface area contributed by atoms with E-state index in [1.807, 2.05) is 39.8 Å². The van der Waals surface area contributed by atoms with Gasteiger partial charge in [0.1, 0.15) is 12.4 Å². The van der Waals surface area contributed by atoms with Crippen LogP contribution in [0.4, 0.5) is 0 Å². The third-order valence-electron chi connectivity index (χ3n) is 3.23. The van der Waals surface area contributed by atoms with E-state index >= 15 is 0 Å². The summed E-state index contributed by atoms with van der Waals surface area (Å²) in [5, 5.41) is 10.9. The van der Waals surface area contributed by atoms with Crippen molar-refractivity contribution in [3.8, 4) is 5.75 Å². The van der Waals surface area contributed by atoms with Crippen molar-refractivity contribution >= 4 is 11.6 Å². The maximum absolute atomic E-state index is 10.1. The summed E-state index contributed by atoms with van der Waals surface area (Å²) >= 11 is 6.09. The summed E-state index contributed by atoms with van der Waals surface area (Å²) < 4.78 is 5.66. The Balaban J connectivity index is 2.76. The molecule has 0 saturated carbocycles. The van der Waals surface area contributed by atoms with Crippen molar-refractivity contribution in [1.82, 2.24) is 0 Å². The molecule has 1 aromatic carbocycles. The third-order valence-corrected chi connectivity index (χ3v) is 3.83. The SMILES string of the molecule is CCC(O)(CC)COc1cc(C)c(Cl)c(C)c1. The quantitative estimate of drug-likeness (QED) is 0.866. The number of aliphatic hydroxyl groups is 1. The Bertz CT molecular complexity index is 361. The highest BCUT2D eigenvalue weighted by molar-refractivity contribution is 6.32. The molecule has 0 bridgehead atoms. The van der Waals surface area contributed by atoms with Crippen LogP contribution in [-0.2, 0) is 0 Å². The van der Waals surface area contributed by atoms with Gasteiger partial charge in [-0.3, -0.25) is 0 Å². The molecule has 0 radical (unpaired) electrons. The van der Waals surface area contributed by atoms with Gasteiger partial charge in [0.05, 0.1) is 5.60 Å². The van der Waals surface area contributed by atoms with E-state index in [0.717, 1.165) is 21.9 Å². The van der Waals surface area contributed by atoms with Gasteiger partial charge in [0.15, 0.2) is 0 Å². The lowest BCUT2D eigenvalue weighted by Crippen LogP contribution is -2.34. The van der Waals surface area contributed by atoms with E-state index in [2.05, 4.69) is 0 Å². The number of benzene rings is 1. The molecular weight excluding hydrogens is 236 g/mol. The normalized spacial score (nSPS) is 11.6. The molecule has 3 heteroatoms. The van der Waals surface area contributed by atoms with Gasteiger partial charge in [-0.05, 0) is 49.9 Å². The zero-order chi connectivity index (χ0) is 13.1. The average molecular weight is 257 g/mol. The molecule has 1 aromatic rings. The first kappa shape index (κ1) is 14.3. The standard InChI is InChI=1S/C14H21ClO2/c1-5-14(16,6-2)9-17-12-7-10(3)13(15)11(4)8-12/h7-8,16H,5-6,9H2,1-4H3. The monoisotopic (exact) mass is 256 g/mol. The molecule has 17 heavy (non-hydrogen) atoms. The maximum Gasteiger partial charge on any atom is 0.120 e. The number of rotatable bonds is 5. The minimum atomic E-state index is -0.735. The van der Waals surface area contributed by atoms with E-state index in [-0.39, 0.29) is 0 Å². The van der Waals surface area contributed by atoms with Gasteiger partial charge in [-0.2, -0.15) is 0 Å². The first-order chi connectivity index (χ1) is 7.91. The summed E-state index contributed by atoms with van der Waals surface area (Å²) in [6.45, 7) is 8.15. The molecular formula is C14H21ClO2. The third kappa shape index (κ3) is 3.62. The Morgan fingerprint density at radius 2 is 1.65 bits per heavy atom. The number of aryl methyl sites for hydroxylation is 2. The number of ether oxygens (including phenoxy) is 1. The largest absolute Gasteiger partial charge is 0.491 e. The van der Waals surface area contributed by atoms with Crippen LogP contribution in [-0.4, -0.2) is 17.3 Å². The fourth-order valence-corrected chi connectivity index (χ4v) is 1.77. The van der Waals surface area contributed by atoms with Crippen LogP contribution < -0.4 is 4.74 Å².